The monoisotopic (exact) mass is 480 g/mol. The summed E-state index contributed by atoms with van der Waals surface area (Å²) >= 11 is 1.38. The summed E-state index contributed by atoms with van der Waals surface area (Å²) in [6, 6.07) is 4.93. The fraction of sp³-hybridized carbons (Fsp3) is 0.636. The molecule has 176 valence electrons. The molecule has 0 bridgehead atoms. The zero-order valence-corrected chi connectivity index (χ0v) is 20.2. The summed E-state index contributed by atoms with van der Waals surface area (Å²) in [6.45, 7) is 6.55. The smallest absolute Gasteiger partial charge is 0.243 e. The van der Waals surface area contributed by atoms with E-state index in [0.29, 0.717) is 31.2 Å². The van der Waals surface area contributed by atoms with Crippen LogP contribution >= 0.6 is 11.8 Å². The summed E-state index contributed by atoms with van der Waals surface area (Å²) in [5, 5.41) is 2.90. The van der Waals surface area contributed by atoms with Crippen molar-refractivity contribution in [2.45, 2.75) is 42.4 Å². The van der Waals surface area contributed by atoms with Gasteiger partial charge in [0.05, 0.1) is 16.3 Å². The number of hydrogen-bond donors (Lipinski definition) is 1. The molecule has 2 fully saturated rings. The van der Waals surface area contributed by atoms with Crippen molar-refractivity contribution < 1.29 is 18.0 Å². The first kappa shape index (κ1) is 23.5. The zero-order chi connectivity index (χ0) is 22.7. The summed E-state index contributed by atoms with van der Waals surface area (Å²) in [5.41, 5.74) is 0.507. The molecular formula is C22H32N4O4S2. The van der Waals surface area contributed by atoms with Crippen molar-refractivity contribution in [3.8, 4) is 0 Å². The lowest BCUT2D eigenvalue weighted by Crippen LogP contribution is -2.45. The van der Waals surface area contributed by atoms with E-state index in [-0.39, 0.29) is 29.0 Å². The van der Waals surface area contributed by atoms with Crippen molar-refractivity contribution in [2.24, 2.45) is 5.92 Å². The third-order valence-corrected chi connectivity index (χ3v) is 9.45. The van der Waals surface area contributed by atoms with E-state index in [2.05, 4.69) is 17.1 Å². The Hall–Kier alpha value is -1.62. The van der Waals surface area contributed by atoms with Gasteiger partial charge in [-0.3, -0.25) is 9.59 Å². The van der Waals surface area contributed by atoms with Gasteiger partial charge >= 0.3 is 0 Å². The number of piperidine rings is 1. The average Bonchev–Trinajstić information content (AvgIpc) is 3.29. The molecule has 0 aromatic heterocycles. The van der Waals surface area contributed by atoms with E-state index in [1.54, 1.807) is 18.2 Å². The van der Waals surface area contributed by atoms with Gasteiger partial charge < -0.3 is 15.1 Å². The minimum Gasteiger partial charge on any atom is -0.353 e. The number of hydrogen-bond acceptors (Lipinski definition) is 6. The van der Waals surface area contributed by atoms with Gasteiger partial charge in [-0.15, -0.1) is 11.8 Å². The summed E-state index contributed by atoms with van der Waals surface area (Å²) in [6.07, 6.45) is 4.10. The van der Waals surface area contributed by atoms with Crippen molar-refractivity contribution in [1.29, 1.82) is 0 Å². The van der Waals surface area contributed by atoms with Gasteiger partial charge in [-0.1, -0.05) is 6.92 Å². The van der Waals surface area contributed by atoms with Crippen molar-refractivity contribution in [1.82, 2.24) is 14.5 Å². The fourth-order valence-electron chi connectivity index (χ4n) is 4.45. The topological polar surface area (TPSA) is 90.0 Å². The summed E-state index contributed by atoms with van der Waals surface area (Å²) in [7, 11) is -3.63. The zero-order valence-electron chi connectivity index (χ0n) is 18.6. The predicted molar refractivity (Wildman–Crippen MR) is 125 cm³/mol. The molecule has 1 aromatic rings. The van der Waals surface area contributed by atoms with Crippen LogP contribution in [0.5, 0.6) is 0 Å². The molecule has 1 N–H and O–H groups in total. The van der Waals surface area contributed by atoms with E-state index in [4.69, 9.17) is 0 Å². The Morgan fingerprint density at radius 2 is 1.88 bits per heavy atom. The van der Waals surface area contributed by atoms with Gasteiger partial charge in [-0.05, 0) is 62.9 Å². The molecule has 0 unspecified atom stereocenters. The van der Waals surface area contributed by atoms with E-state index in [1.165, 1.54) is 33.8 Å². The Morgan fingerprint density at radius 1 is 1.16 bits per heavy atom. The molecule has 10 heteroatoms. The van der Waals surface area contributed by atoms with Gasteiger partial charge in [0.25, 0.3) is 0 Å². The van der Waals surface area contributed by atoms with Gasteiger partial charge in [0.1, 0.15) is 6.54 Å². The number of fused-ring (bicyclic) bond motifs is 1. The van der Waals surface area contributed by atoms with Crippen molar-refractivity contribution >= 4 is 39.3 Å². The maximum Gasteiger partial charge on any atom is 0.243 e. The second kappa shape index (κ2) is 10.1. The summed E-state index contributed by atoms with van der Waals surface area (Å²) in [4.78, 5) is 29.9. The van der Waals surface area contributed by atoms with E-state index >= 15 is 0 Å². The maximum absolute atomic E-state index is 13.2. The van der Waals surface area contributed by atoms with Gasteiger partial charge in [0.2, 0.25) is 21.8 Å². The van der Waals surface area contributed by atoms with Gasteiger partial charge in [0, 0.05) is 31.1 Å². The molecule has 0 spiro atoms. The Balaban J connectivity index is 1.46. The predicted octanol–water partition coefficient (Wildman–Crippen LogP) is 1.76. The van der Waals surface area contributed by atoms with Crippen LogP contribution in [0.1, 0.15) is 32.6 Å². The van der Waals surface area contributed by atoms with Crippen LogP contribution in [-0.4, -0.2) is 81.0 Å². The second-order valence-electron chi connectivity index (χ2n) is 8.88. The van der Waals surface area contributed by atoms with Crippen LogP contribution in [0, 0.1) is 5.92 Å². The van der Waals surface area contributed by atoms with E-state index in [9.17, 15) is 18.0 Å². The molecule has 32 heavy (non-hydrogen) atoms. The standard InChI is InChI=1S/C22H32N4O4S2/c1-17-6-11-25(12-7-17)32(29,30)18-4-5-20-19(14-18)26(22(28)16-31-20)15-21(27)23-8-13-24-9-2-3-10-24/h4-5,14,17H,2-3,6-13,15-16H2,1H3,(H,23,27). The van der Waals surface area contributed by atoms with Crippen LogP contribution < -0.4 is 10.2 Å². The Morgan fingerprint density at radius 3 is 2.59 bits per heavy atom. The Kier molecular flexibility index (Phi) is 7.44. The lowest BCUT2D eigenvalue weighted by molar-refractivity contribution is -0.123. The van der Waals surface area contributed by atoms with E-state index in [0.717, 1.165) is 37.4 Å². The van der Waals surface area contributed by atoms with E-state index < -0.39 is 10.0 Å². The highest BCUT2D eigenvalue weighted by Crippen LogP contribution is 2.37. The van der Waals surface area contributed by atoms with Crippen LogP contribution in [0.25, 0.3) is 0 Å². The minimum atomic E-state index is -3.63. The van der Waals surface area contributed by atoms with Gasteiger partial charge in [0.15, 0.2) is 0 Å². The molecule has 0 radical (unpaired) electrons. The van der Waals surface area contributed by atoms with Crippen LogP contribution in [0.4, 0.5) is 5.69 Å². The number of benzene rings is 1. The quantitative estimate of drug-likeness (QED) is 0.640. The van der Waals surface area contributed by atoms with Crippen molar-refractivity contribution in [2.75, 3.05) is 56.5 Å². The minimum absolute atomic E-state index is 0.100. The number of thioether (sulfide) groups is 1. The second-order valence-corrected chi connectivity index (χ2v) is 11.8. The first-order valence-electron chi connectivity index (χ1n) is 11.4. The number of rotatable bonds is 7. The molecule has 2 amide bonds. The molecule has 0 saturated carbocycles. The summed E-state index contributed by atoms with van der Waals surface area (Å²) < 4.78 is 27.9. The first-order chi connectivity index (χ1) is 15.3. The number of carbonyl (C=O) groups is 2. The largest absolute Gasteiger partial charge is 0.353 e. The number of nitrogens with one attached hydrogen (secondary N) is 1. The number of anilines is 1. The number of nitrogens with zero attached hydrogens (tertiary/aromatic N) is 3. The number of sulfonamides is 1. The molecule has 3 aliphatic heterocycles. The molecule has 0 atom stereocenters. The highest BCUT2D eigenvalue weighted by atomic mass is 32.2. The van der Waals surface area contributed by atoms with E-state index in [1.807, 2.05) is 0 Å². The lowest BCUT2D eigenvalue weighted by Gasteiger charge is -2.31. The molecule has 1 aromatic carbocycles. The van der Waals surface area contributed by atoms with Crippen LogP contribution in [-0.2, 0) is 19.6 Å². The van der Waals surface area contributed by atoms with Crippen molar-refractivity contribution in [3.63, 3.8) is 0 Å². The first-order valence-corrected chi connectivity index (χ1v) is 13.8. The third kappa shape index (κ3) is 5.30. The number of likely N-dealkylation sites (tertiary alicyclic amines) is 1. The molecule has 3 aliphatic rings. The fourth-order valence-corrected chi connectivity index (χ4v) is 6.86. The average molecular weight is 481 g/mol. The highest BCUT2D eigenvalue weighted by Gasteiger charge is 2.32. The Labute approximate surface area is 194 Å². The molecule has 4 rings (SSSR count). The van der Waals surface area contributed by atoms with Gasteiger partial charge in [-0.2, -0.15) is 4.31 Å². The summed E-state index contributed by atoms with van der Waals surface area (Å²) in [5.74, 6) is 0.357. The molecular weight excluding hydrogens is 448 g/mol. The third-order valence-electron chi connectivity index (χ3n) is 6.50. The molecule has 3 heterocycles. The molecule has 0 aliphatic carbocycles. The SMILES string of the molecule is CC1CCN(S(=O)(=O)c2ccc3c(c2)N(CC(=O)NCCN2CCCC2)C(=O)CS3)CC1. The normalized spacial score (nSPS) is 21.0. The Bertz CT molecular complexity index is 955. The molecule has 8 nitrogen and oxygen atoms in total. The van der Waals surface area contributed by atoms with Crippen LogP contribution in [0.2, 0.25) is 0 Å². The number of carbonyl (C=O) groups excluding carboxylic acids is 2. The highest BCUT2D eigenvalue weighted by molar-refractivity contribution is 8.00. The number of amides is 2. The lowest BCUT2D eigenvalue weighted by atomic mass is 10.0. The maximum atomic E-state index is 13.2. The van der Waals surface area contributed by atoms with Gasteiger partial charge in [-0.25, -0.2) is 8.42 Å². The van der Waals surface area contributed by atoms with Crippen LogP contribution in [0.3, 0.4) is 0 Å². The van der Waals surface area contributed by atoms with Crippen molar-refractivity contribution in [3.05, 3.63) is 18.2 Å². The van der Waals surface area contributed by atoms with Crippen LogP contribution in [0.15, 0.2) is 28.0 Å². The molecule has 2 saturated heterocycles.